The monoisotopic (exact) mass is 392 g/mol. The summed E-state index contributed by atoms with van der Waals surface area (Å²) >= 11 is 0.995. The molecule has 27 heavy (non-hydrogen) atoms. The number of hydrogen-bond donors (Lipinski definition) is 2. The highest BCUT2D eigenvalue weighted by Crippen LogP contribution is 2.26. The van der Waals surface area contributed by atoms with Crippen LogP contribution in [0.15, 0.2) is 23.4 Å². The van der Waals surface area contributed by atoms with Crippen molar-refractivity contribution in [3.8, 4) is 5.13 Å². The van der Waals surface area contributed by atoms with Gasteiger partial charge in [-0.25, -0.2) is 19.2 Å². The standard InChI is InChI=1S/C15H13FN6O4S/c1-26-20-7-3-21(4-7)13-10(16)2-8-11(23)9(14(24)25)5-22(12(8)19-13)15-17-6-18-27-15/h2,5-7,20H,3-4H2,1H3,(H,24,25). The second-order valence-electron chi connectivity index (χ2n) is 5.86. The van der Waals surface area contributed by atoms with Gasteiger partial charge in [0.25, 0.3) is 0 Å². The van der Waals surface area contributed by atoms with Gasteiger partial charge in [-0.1, -0.05) is 0 Å². The number of nitrogens with one attached hydrogen (secondary N) is 1. The van der Waals surface area contributed by atoms with E-state index in [0.717, 1.165) is 23.8 Å². The number of aromatic carboxylic acids is 1. The number of pyridine rings is 2. The van der Waals surface area contributed by atoms with Crippen LogP contribution in [0.25, 0.3) is 16.2 Å². The van der Waals surface area contributed by atoms with Crippen LogP contribution in [0.3, 0.4) is 0 Å². The molecule has 4 rings (SSSR count). The molecule has 4 heterocycles. The summed E-state index contributed by atoms with van der Waals surface area (Å²) in [5.41, 5.74) is 1.58. The number of anilines is 1. The zero-order chi connectivity index (χ0) is 19.1. The van der Waals surface area contributed by atoms with Crippen molar-refractivity contribution < 1.29 is 19.1 Å². The molecule has 12 heteroatoms. The maximum Gasteiger partial charge on any atom is 0.341 e. The number of rotatable bonds is 5. The SMILES string of the molecule is CONC1CN(c2nc3c(cc2F)c(=O)c(C(=O)O)cn3-c2ncns2)C1. The summed E-state index contributed by atoms with van der Waals surface area (Å²) < 4.78 is 19.8. The summed E-state index contributed by atoms with van der Waals surface area (Å²) in [7, 11) is 1.50. The van der Waals surface area contributed by atoms with Crippen LogP contribution < -0.4 is 15.8 Å². The molecule has 2 N–H and O–H groups in total. The summed E-state index contributed by atoms with van der Waals surface area (Å²) in [5.74, 6) is -2.06. The summed E-state index contributed by atoms with van der Waals surface area (Å²) in [6, 6.07) is 1.05. The zero-order valence-electron chi connectivity index (χ0n) is 13.9. The lowest BCUT2D eigenvalue weighted by Crippen LogP contribution is -2.58. The van der Waals surface area contributed by atoms with E-state index >= 15 is 0 Å². The number of carboxylic acids is 1. The predicted molar refractivity (Wildman–Crippen MR) is 93.9 cm³/mol. The molecule has 3 aromatic heterocycles. The molecule has 0 unspecified atom stereocenters. The Labute approximate surface area is 155 Å². The van der Waals surface area contributed by atoms with Crippen LogP contribution in [-0.4, -0.2) is 56.2 Å². The fourth-order valence-electron chi connectivity index (χ4n) is 2.90. The number of aromatic nitrogens is 4. The lowest BCUT2D eigenvalue weighted by Gasteiger charge is -2.39. The Balaban J connectivity index is 1.89. The average Bonchev–Trinajstić information content (AvgIpc) is 3.12. The van der Waals surface area contributed by atoms with Crippen molar-refractivity contribution >= 4 is 34.4 Å². The molecule has 1 saturated heterocycles. The summed E-state index contributed by atoms with van der Waals surface area (Å²) in [6.07, 6.45) is 2.43. The van der Waals surface area contributed by atoms with Gasteiger partial charge in [0.1, 0.15) is 11.9 Å². The number of halogens is 1. The number of fused-ring (bicyclic) bond motifs is 1. The Morgan fingerprint density at radius 1 is 1.48 bits per heavy atom. The van der Waals surface area contributed by atoms with Crippen molar-refractivity contribution in [2.24, 2.45) is 0 Å². The minimum Gasteiger partial charge on any atom is -0.477 e. The van der Waals surface area contributed by atoms with Gasteiger partial charge in [-0.05, 0) is 6.07 Å². The van der Waals surface area contributed by atoms with Crippen molar-refractivity contribution in [2.45, 2.75) is 6.04 Å². The van der Waals surface area contributed by atoms with E-state index in [9.17, 15) is 19.1 Å². The third kappa shape index (κ3) is 2.93. The quantitative estimate of drug-likeness (QED) is 0.595. The van der Waals surface area contributed by atoms with Crippen LogP contribution in [0, 0.1) is 5.82 Å². The van der Waals surface area contributed by atoms with Gasteiger partial charge < -0.3 is 14.8 Å². The van der Waals surface area contributed by atoms with Crippen molar-refractivity contribution in [1.29, 1.82) is 0 Å². The molecular formula is C15H13FN6O4S. The molecule has 0 atom stereocenters. The van der Waals surface area contributed by atoms with Gasteiger partial charge in [0.05, 0.1) is 18.5 Å². The fraction of sp³-hybridized carbons (Fsp3) is 0.267. The fourth-order valence-corrected chi connectivity index (χ4v) is 3.41. The third-order valence-electron chi connectivity index (χ3n) is 4.16. The van der Waals surface area contributed by atoms with Crippen LogP contribution in [-0.2, 0) is 4.84 Å². The zero-order valence-corrected chi connectivity index (χ0v) is 14.7. The van der Waals surface area contributed by atoms with E-state index in [1.165, 1.54) is 18.0 Å². The first-order valence-corrected chi connectivity index (χ1v) is 8.56. The number of carboxylic acid groups (broad SMARTS) is 1. The first-order valence-electron chi connectivity index (χ1n) is 7.79. The number of hydroxylamine groups is 1. The van der Waals surface area contributed by atoms with Crippen LogP contribution in [0.4, 0.5) is 10.2 Å². The Morgan fingerprint density at radius 3 is 2.89 bits per heavy atom. The normalized spacial score (nSPS) is 14.5. The summed E-state index contributed by atoms with van der Waals surface area (Å²) in [4.78, 5) is 38.8. The maximum atomic E-state index is 14.6. The van der Waals surface area contributed by atoms with Gasteiger partial charge in [-0.3, -0.25) is 9.36 Å². The first-order chi connectivity index (χ1) is 13.0. The molecule has 0 aromatic carbocycles. The van der Waals surface area contributed by atoms with Gasteiger partial charge in [0, 0.05) is 30.8 Å². The molecule has 140 valence electrons. The lowest BCUT2D eigenvalue weighted by molar-refractivity contribution is 0.0516. The molecule has 0 aliphatic carbocycles. The van der Waals surface area contributed by atoms with Crippen molar-refractivity contribution in [3.05, 3.63) is 40.2 Å². The van der Waals surface area contributed by atoms with Gasteiger partial charge in [0.15, 0.2) is 17.3 Å². The molecule has 1 aliphatic heterocycles. The molecule has 0 amide bonds. The number of carbonyl (C=O) groups is 1. The molecule has 0 radical (unpaired) electrons. The Kier molecular flexibility index (Phi) is 4.30. The van der Waals surface area contributed by atoms with Crippen LogP contribution >= 0.6 is 11.5 Å². The van der Waals surface area contributed by atoms with Crippen LogP contribution in [0.5, 0.6) is 0 Å². The average molecular weight is 392 g/mol. The van der Waals surface area contributed by atoms with E-state index in [1.54, 1.807) is 4.90 Å². The van der Waals surface area contributed by atoms with Gasteiger partial charge >= 0.3 is 5.97 Å². The lowest BCUT2D eigenvalue weighted by atomic mass is 10.1. The highest BCUT2D eigenvalue weighted by molar-refractivity contribution is 7.08. The minimum absolute atomic E-state index is 0.0339. The van der Waals surface area contributed by atoms with Crippen LogP contribution in [0.2, 0.25) is 0 Å². The van der Waals surface area contributed by atoms with E-state index in [-0.39, 0.29) is 22.9 Å². The summed E-state index contributed by atoms with van der Waals surface area (Å²) in [6.45, 7) is 0.943. The van der Waals surface area contributed by atoms with Crippen molar-refractivity contribution in [1.82, 2.24) is 24.4 Å². The molecule has 0 spiro atoms. The molecule has 3 aromatic rings. The number of nitrogens with zero attached hydrogens (tertiary/aromatic N) is 5. The van der Waals surface area contributed by atoms with Crippen molar-refractivity contribution in [3.63, 3.8) is 0 Å². The molecule has 0 saturated carbocycles. The van der Waals surface area contributed by atoms with E-state index in [2.05, 4.69) is 19.8 Å². The molecule has 10 nitrogen and oxygen atoms in total. The van der Waals surface area contributed by atoms with Gasteiger partial charge in [0.2, 0.25) is 10.6 Å². The predicted octanol–water partition coefficient (Wildman–Crippen LogP) is 0.414. The third-order valence-corrected chi connectivity index (χ3v) is 4.83. The first kappa shape index (κ1) is 17.5. The highest BCUT2D eigenvalue weighted by Gasteiger charge is 2.31. The largest absolute Gasteiger partial charge is 0.477 e. The Bertz CT molecular complexity index is 1080. The smallest absolute Gasteiger partial charge is 0.341 e. The van der Waals surface area contributed by atoms with Gasteiger partial charge in [-0.2, -0.15) is 9.85 Å². The topological polar surface area (TPSA) is 122 Å². The van der Waals surface area contributed by atoms with E-state index in [4.69, 9.17) is 4.84 Å². The molecule has 1 fully saturated rings. The Morgan fingerprint density at radius 2 is 2.26 bits per heavy atom. The van der Waals surface area contributed by atoms with Crippen LogP contribution in [0.1, 0.15) is 10.4 Å². The molecular weight excluding hydrogens is 379 g/mol. The second-order valence-corrected chi connectivity index (χ2v) is 6.62. The second kappa shape index (κ2) is 6.64. The van der Waals surface area contributed by atoms with E-state index in [1.807, 2.05) is 0 Å². The Hall–Kier alpha value is -2.96. The van der Waals surface area contributed by atoms with Crippen molar-refractivity contribution in [2.75, 3.05) is 25.1 Å². The van der Waals surface area contributed by atoms with E-state index < -0.39 is 22.8 Å². The van der Waals surface area contributed by atoms with E-state index in [0.29, 0.717) is 18.2 Å². The minimum atomic E-state index is -1.42. The highest BCUT2D eigenvalue weighted by atomic mass is 32.1. The number of hydrogen-bond acceptors (Lipinski definition) is 9. The molecule has 0 bridgehead atoms. The maximum absolute atomic E-state index is 14.6. The molecule has 1 aliphatic rings. The van der Waals surface area contributed by atoms with Gasteiger partial charge in [-0.15, -0.1) is 0 Å². The summed E-state index contributed by atoms with van der Waals surface area (Å²) in [5, 5.41) is 9.47.